The second-order valence-electron chi connectivity index (χ2n) is 12.5. The molecule has 0 bridgehead atoms. The molecule has 9 rings (SSSR count). The molecule has 0 aliphatic carbocycles. The zero-order valence-corrected chi connectivity index (χ0v) is 28.1. The average molecular weight is 676 g/mol. The van der Waals surface area contributed by atoms with Crippen molar-refractivity contribution in [3.8, 4) is 17.4 Å². The van der Waals surface area contributed by atoms with Crippen molar-refractivity contribution in [2.45, 2.75) is 0 Å². The van der Waals surface area contributed by atoms with Gasteiger partial charge in [-0.25, -0.2) is 14.5 Å². The lowest BCUT2D eigenvalue weighted by Crippen LogP contribution is -2.09. The van der Waals surface area contributed by atoms with E-state index in [0.717, 1.165) is 60.7 Å². The lowest BCUT2D eigenvalue weighted by Gasteiger charge is -2.26. The Balaban J connectivity index is 1.30. The molecule has 0 spiro atoms. The molecule has 0 N–H and O–H groups in total. The summed E-state index contributed by atoms with van der Waals surface area (Å²) in [6.45, 7) is 23.8. The minimum Gasteiger partial charge on any atom is -0.329 e. The van der Waals surface area contributed by atoms with Crippen molar-refractivity contribution in [2.75, 3.05) is 4.90 Å². The van der Waals surface area contributed by atoms with Crippen LogP contribution in [0.15, 0.2) is 152 Å². The molecule has 0 atom stereocenters. The monoisotopic (exact) mass is 675 g/mol. The molecule has 2 aromatic heterocycles. The number of benzene rings is 7. The number of hydrogen-bond acceptors (Lipinski definition) is 2. The van der Waals surface area contributed by atoms with Crippen molar-refractivity contribution >= 4 is 77.7 Å². The van der Waals surface area contributed by atoms with Crippen molar-refractivity contribution < 1.29 is 0 Å². The maximum atomic E-state index is 10.1. The molecule has 0 saturated carbocycles. The van der Waals surface area contributed by atoms with E-state index in [1.54, 1.807) is 36.4 Å². The molecule has 0 unspecified atom stereocenters. The zero-order valence-electron chi connectivity index (χ0n) is 28.1. The van der Waals surface area contributed by atoms with Crippen molar-refractivity contribution in [3.63, 3.8) is 0 Å². The first kappa shape index (κ1) is 30.9. The summed E-state index contributed by atoms with van der Waals surface area (Å²) in [5, 5.41) is 14.1. The van der Waals surface area contributed by atoms with Crippen molar-refractivity contribution in [1.82, 2.24) is 9.13 Å². The molecule has 7 aromatic carbocycles. The summed E-state index contributed by atoms with van der Waals surface area (Å²) in [4.78, 5) is 13.6. The van der Waals surface area contributed by atoms with Crippen LogP contribution in [0.5, 0.6) is 0 Å². The van der Waals surface area contributed by atoms with Gasteiger partial charge in [-0.2, -0.15) is 5.26 Å². The summed E-state index contributed by atoms with van der Waals surface area (Å²) < 4.78 is 4.08. The predicted molar refractivity (Wildman–Crippen MR) is 213 cm³/mol. The maximum Gasteiger partial charge on any atom is 0.211 e. The SMILES string of the molecule is [C-]#[N+]c1cccc(C#N)c1-n1c2ccccc2c2cc(N(c3ccccc3)c3ccc4c(c3)c3ccccc3n4-c3c([N+]#[C-])cccc3[N+]#[C-])ccc21. The number of para-hydroxylation sites is 5. The lowest BCUT2D eigenvalue weighted by atomic mass is 10.1. The Morgan fingerprint density at radius 1 is 0.434 bits per heavy atom. The Labute approximate surface area is 305 Å². The lowest BCUT2D eigenvalue weighted by molar-refractivity contribution is 1.17. The largest absolute Gasteiger partial charge is 0.329 e. The van der Waals surface area contributed by atoms with E-state index in [1.807, 2.05) is 63.7 Å². The highest BCUT2D eigenvalue weighted by atomic mass is 15.1. The maximum absolute atomic E-state index is 10.1. The Bertz CT molecular complexity index is 2860. The Hall–Kier alpha value is -8.10. The van der Waals surface area contributed by atoms with E-state index < -0.39 is 0 Å². The van der Waals surface area contributed by atoms with Gasteiger partial charge in [0.05, 0.1) is 64.8 Å². The van der Waals surface area contributed by atoms with Crippen LogP contribution in [-0.4, -0.2) is 9.13 Å². The first-order valence-corrected chi connectivity index (χ1v) is 16.9. The third-order valence-corrected chi connectivity index (χ3v) is 9.78. The number of nitriles is 1. The molecule has 0 saturated heterocycles. The Morgan fingerprint density at radius 3 is 1.42 bits per heavy atom. The van der Waals surface area contributed by atoms with Crippen LogP contribution in [0.1, 0.15) is 5.56 Å². The fourth-order valence-corrected chi connectivity index (χ4v) is 7.58. The van der Waals surface area contributed by atoms with Crippen LogP contribution in [0.2, 0.25) is 0 Å². The van der Waals surface area contributed by atoms with E-state index in [0.29, 0.717) is 34.0 Å². The van der Waals surface area contributed by atoms with Crippen molar-refractivity contribution in [2.24, 2.45) is 0 Å². The van der Waals surface area contributed by atoms with E-state index in [-0.39, 0.29) is 0 Å². The van der Waals surface area contributed by atoms with Crippen LogP contribution in [0, 0.1) is 31.0 Å². The number of fused-ring (bicyclic) bond motifs is 6. The fraction of sp³-hybridized carbons (Fsp3) is 0. The van der Waals surface area contributed by atoms with Crippen LogP contribution < -0.4 is 4.90 Å². The van der Waals surface area contributed by atoms with Gasteiger partial charge in [-0.1, -0.05) is 84.9 Å². The fourth-order valence-electron chi connectivity index (χ4n) is 7.58. The molecule has 53 heavy (non-hydrogen) atoms. The number of hydrogen-bond donors (Lipinski definition) is 0. The molecule has 0 fully saturated rings. The number of anilines is 3. The summed E-state index contributed by atoms with van der Waals surface area (Å²) >= 11 is 0. The molecule has 0 aliphatic heterocycles. The van der Waals surface area contributed by atoms with Crippen LogP contribution in [0.25, 0.3) is 69.5 Å². The number of nitrogens with zero attached hydrogens (tertiary/aromatic N) is 7. The highest BCUT2D eigenvalue weighted by Gasteiger charge is 2.22. The van der Waals surface area contributed by atoms with Gasteiger partial charge in [-0.05, 0) is 66.7 Å². The van der Waals surface area contributed by atoms with Gasteiger partial charge in [0, 0.05) is 38.6 Å². The van der Waals surface area contributed by atoms with Crippen LogP contribution >= 0.6 is 0 Å². The van der Waals surface area contributed by atoms with E-state index in [9.17, 15) is 5.26 Å². The van der Waals surface area contributed by atoms with Crippen molar-refractivity contribution in [3.05, 3.63) is 191 Å². The van der Waals surface area contributed by atoms with Crippen molar-refractivity contribution in [1.29, 1.82) is 5.26 Å². The van der Waals surface area contributed by atoms with Gasteiger partial charge in [0.2, 0.25) is 5.69 Å². The van der Waals surface area contributed by atoms with E-state index >= 15 is 0 Å². The molecule has 7 heteroatoms. The van der Waals surface area contributed by atoms with E-state index in [2.05, 4.69) is 86.2 Å². The molecule has 0 amide bonds. The third kappa shape index (κ3) is 4.71. The molecular weight excluding hydrogens is 651 g/mol. The Kier molecular flexibility index (Phi) is 7.20. The van der Waals surface area contributed by atoms with Crippen LogP contribution in [0.4, 0.5) is 34.1 Å². The normalized spacial score (nSPS) is 10.9. The van der Waals surface area contributed by atoms with Gasteiger partial charge in [0.15, 0.2) is 11.4 Å². The average Bonchev–Trinajstić information content (AvgIpc) is 3.72. The van der Waals surface area contributed by atoms with Gasteiger partial charge in [-0.3, -0.25) is 0 Å². The van der Waals surface area contributed by atoms with Crippen LogP contribution in [0.3, 0.4) is 0 Å². The molecule has 7 nitrogen and oxygen atoms in total. The smallest absolute Gasteiger partial charge is 0.211 e. The quantitative estimate of drug-likeness (QED) is 0.171. The first-order chi connectivity index (χ1) is 26.1. The first-order valence-electron chi connectivity index (χ1n) is 16.9. The third-order valence-electron chi connectivity index (χ3n) is 9.78. The predicted octanol–water partition coefficient (Wildman–Crippen LogP) is 12.9. The minimum absolute atomic E-state index is 0.414. The van der Waals surface area contributed by atoms with Gasteiger partial charge in [0.1, 0.15) is 0 Å². The molecule has 244 valence electrons. The molecular formula is C46H25N7. The topological polar surface area (TPSA) is 50.0 Å². The standard InChI is InChI=1S/C46H25N7/c1-48-38-18-11-13-30(29-47)45(38)52-41-21-9-7-16-34(41)36-27-32(23-25-43(36)52)51(31-14-5-4-6-15-31)33-24-26-44-37(28-33)35-17-8-10-22-42(35)53(44)46-39(49-2)19-12-20-40(46)50-3/h4-28H. The van der Waals surface area contributed by atoms with Gasteiger partial charge in [-0.15, -0.1) is 0 Å². The summed E-state index contributed by atoms with van der Waals surface area (Å²) in [7, 11) is 0. The second kappa shape index (κ2) is 12.3. The van der Waals surface area contributed by atoms with Crippen LogP contribution in [-0.2, 0) is 0 Å². The van der Waals surface area contributed by atoms with E-state index in [4.69, 9.17) is 19.7 Å². The number of rotatable bonds is 5. The van der Waals surface area contributed by atoms with Gasteiger partial charge < -0.3 is 14.0 Å². The van der Waals surface area contributed by atoms with Gasteiger partial charge in [0.25, 0.3) is 0 Å². The number of aromatic nitrogens is 2. The highest BCUT2D eigenvalue weighted by molar-refractivity contribution is 6.13. The Morgan fingerprint density at radius 2 is 0.887 bits per heavy atom. The van der Waals surface area contributed by atoms with E-state index in [1.165, 1.54) is 0 Å². The summed E-state index contributed by atoms with van der Waals surface area (Å²) in [6, 6.07) is 51.9. The zero-order chi connectivity index (χ0) is 36.1. The summed E-state index contributed by atoms with van der Waals surface area (Å²) in [6.07, 6.45) is 0. The highest BCUT2D eigenvalue weighted by Crippen LogP contribution is 2.45. The molecule has 0 aliphatic rings. The molecule has 0 radical (unpaired) electrons. The summed E-state index contributed by atoms with van der Waals surface area (Å²) in [5.74, 6) is 0. The summed E-state index contributed by atoms with van der Waals surface area (Å²) in [5.41, 5.74) is 9.30. The van der Waals surface area contributed by atoms with Gasteiger partial charge >= 0.3 is 0 Å². The second-order valence-corrected chi connectivity index (χ2v) is 12.5. The minimum atomic E-state index is 0.414. The molecule has 2 heterocycles. The molecule has 9 aromatic rings.